The standard InChI is InChI=1S/C19H19N3O3S/c1-2-25-15-10-8-14(9-11-15)20-17(23)12-16-18(24)22-19(26-16)21-13-6-4-3-5-7-13/h3-11,16H,2,12H2,1H3,(H,20,23)(H,21,22,24). The molecule has 2 aromatic rings. The van der Waals surface area contributed by atoms with Gasteiger partial charge in [0, 0.05) is 12.1 Å². The maximum atomic E-state index is 12.2. The number of hydrogen-bond acceptors (Lipinski definition) is 5. The second-order valence-electron chi connectivity index (χ2n) is 5.56. The van der Waals surface area contributed by atoms with E-state index in [0.29, 0.717) is 17.5 Å². The molecule has 134 valence electrons. The molecule has 2 N–H and O–H groups in total. The lowest BCUT2D eigenvalue weighted by Crippen LogP contribution is -2.28. The molecule has 1 heterocycles. The van der Waals surface area contributed by atoms with Crippen molar-refractivity contribution in [2.75, 3.05) is 11.9 Å². The van der Waals surface area contributed by atoms with Crippen molar-refractivity contribution >= 4 is 40.1 Å². The Hall–Kier alpha value is -2.80. The minimum atomic E-state index is -0.486. The van der Waals surface area contributed by atoms with Gasteiger partial charge in [-0.25, -0.2) is 4.99 Å². The Morgan fingerprint density at radius 2 is 1.92 bits per heavy atom. The van der Waals surface area contributed by atoms with Crippen LogP contribution >= 0.6 is 11.8 Å². The number of thioether (sulfide) groups is 1. The fraction of sp³-hybridized carbons (Fsp3) is 0.211. The molecular weight excluding hydrogens is 350 g/mol. The van der Waals surface area contributed by atoms with E-state index in [4.69, 9.17) is 4.74 Å². The number of rotatable bonds is 6. The van der Waals surface area contributed by atoms with Gasteiger partial charge in [-0.2, -0.15) is 0 Å². The second kappa shape index (κ2) is 8.53. The highest BCUT2D eigenvalue weighted by Gasteiger charge is 2.32. The summed E-state index contributed by atoms with van der Waals surface area (Å²) in [4.78, 5) is 28.7. The quantitative estimate of drug-likeness (QED) is 0.818. The number of nitrogens with zero attached hydrogens (tertiary/aromatic N) is 1. The molecular formula is C19H19N3O3S. The summed E-state index contributed by atoms with van der Waals surface area (Å²) in [7, 11) is 0. The Balaban J connectivity index is 1.56. The number of anilines is 1. The average Bonchev–Trinajstić information content (AvgIpc) is 2.96. The van der Waals surface area contributed by atoms with Gasteiger partial charge in [0.05, 0.1) is 12.3 Å². The lowest BCUT2D eigenvalue weighted by atomic mass is 10.2. The number of carbonyl (C=O) groups is 2. The summed E-state index contributed by atoms with van der Waals surface area (Å²) in [6.07, 6.45) is 0.0809. The Morgan fingerprint density at radius 1 is 1.19 bits per heavy atom. The minimum Gasteiger partial charge on any atom is -0.494 e. The van der Waals surface area contributed by atoms with Crippen molar-refractivity contribution in [1.29, 1.82) is 0 Å². The fourth-order valence-corrected chi connectivity index (χ4v) is 3.38. The van der Waals surface area contributed by atoms with Gasteiger partial charge in [0.25, 0.3) is 0 Å². The van der Waals surface area contributed by atoms with E-state index in [1.807, 2.05) is 37.3 Å². The zero-order valence-corrected chi connectivity index (χ0v) is 15.1. The third-order valence-corrected chi connectivity index (χ3v) is 4.67. The highest BCUT2D eigenvalue weighted by Crippen LogP contribution is 2.25. The van der Waals surface area contributed by atoms with Gasteiger partial charge in [0.15, 0.2) is 5.17 Å². The number of aliphatic imine (C=N–C) groups is 1. The Morgan fingerprint density at radius 3 is 2.62 bits per heavy atom. The third kappa shape index (κ3) is 4.86. The number of amides is 2. The van der Waals surface area contributed by atoms with Crippen LogP contribution < -0.4 is 15.4 Å². The van der Waals surface area contributed by atoms with Crippen molar-refractivity contribution in [3.63, 3.8) is 0 Å². The van der Waals surface area contributed by atoms with E-state index < -0.39 is 5.25 Å². The topological polar surface area (TPSA) is 79.8 Å². The predicted molar refractivity (Wildman–Crippen MR) is 104 cm³/mol. The second-order valence-corrected chi connectivity index (χ2v) is 6.75. The number of amidine groups is 1. The highest BCUT2D eigenvalue weighted by atomic mass is 32.2. The van der Waals surface area contributed by atoms with Crippen LogP contribution in [-0.2, 0) is 9.59 Å². The van der Waals surface area contributed by atoms with E-state index in [2.05, 4.69) is 15.6 Å². The number of benzene rings is 2. The first-order valence-electron chi connectivity index (χ1n) is 8.28. The number of carbonyl (C=O) groups excluding carboxylic acids is 2. The molecule has 1 unspecified atom stereocenters. The fourth-order valence-electron chi connectivity index (χ4n) is 2.39. The summed E-state index contributed by atoms with van der Waals surface area (Å²) in [6, 6.07) is 16.5. The molecule has 7 heteroatoms. The molecule has 0 aromatic heterocycles. The van der Waals surface area contributed by atoms with Crippen LogP contribution in [0.25, 0.3) is 0 Å². The molecule has 0 bridgehead atoms. The Labute approximate surface area is 156 Å². The Bertz CT molecular complexity index is 807. The minimum absolute atomic E-state index is 0.0809. The first-order chi connectivity index (χ1) is 12.6. The van der Waals surface area contributed by atoms with Gasteiger partial charge >= 0.3 is 0 Å². The summed E-state index contributed by atoms with van der Waals surface area (Å²) < 4.78 is 5.37. The first-order valence-corrected chi connectivity index (χ1v) is 9.16. The van der Waals surface area contributed by atoms with Gasteiger partial charge in [-0.1, -0.05) is 30.0 Å². The number of para-hydroxylation sites is 1. The number of hydrogen-bond donors (Lipinski definition) is 2. The van der Waals surface area contributed by atoms with E-state index >= 15 is 0 Å². The molecule has 1 saturated heterocycles. The van der Waals surface area contributed by atoms with Crippen LogP contribution in [0.5, 0.6) is 5.75 Å². The molecule has 0 saturated carbocycles. The molecule has 0 radical (unpaired) electrons. The van der Waals surface area contributed by atoms with Gasteiger partial charge in [-0.3, -0.25) is 9.59 Å². The zero-order chi connectivity index (χ0) is 18.4. The summed E-state index contributed by atoms with van der Waals surface area (Å²) in [5.74, 6) is 0.326. The monoisotopic (exact) mass is 369 g/mol. The van der Waals surface area contributed by atoms with Gasteiger partial charge in [-0.15, -0.1) is 0 Å². The molecule has 6 nitrogen and oxygen atoms in total. The lowest BCUT2D eigenvalue weighted by Gasteiger charge is -2.08. The maximum Gasteiger partial charge on any atom is 0.240 e. The molecule has 1 aliphatic rings. The summed E-state index contributed by atoms with van der Waals surface area (Å²) in [5, 5.41) is 5.54. The largest absolute Gasteiger partial charge is 0.494 e. The molecule has 1 atom stereocenters. The first kappa shape index (κ1) is 18.0. The molecule has 1 fully saturated rings. The van der Waals surface area contributed by atoms with Crippen LogP contribution in [0.2, 0.25) is 0 Å². The summed E-state index contributed by atoms with van der Waals surface area (Å²) >= 11 is 1.27. The van der Waals surface area contributed by atoms with Crippen molar-refractivity contribution < 1.29 is 14.3 Å². The number of ether oxygens (including phenoxy) is 1. The van der Waals surface area contributed by atoms with E-state index in [0.717, 1.165) is 11.4 Å². The van der Waals surface area contributed by atoms with Crippen LogP contribution in [0.3, 0.4) is 0 Å². The highest BCUT2D eigenvalue weighted by molar-refractivity contribution is 8.15. The van der Waals surface area contributed by atoms with Crippen molar-refractivity contribution in [2.45, 2.75) is 18.6 Å². The van der Waals surface area contributed by atoms with Gasteiger partial charge < -0.3 is 15.4 Å². The molecule has 3 rings (SSSR count). The Kier molecular flexibility index (Phi) is 5.91. The van der Waals surface area contributed by atoms with Crippen molar-refractivity contribution in [1.82, 2.24) is 5.32 Å². The van der Waals surface area contributed by atoms with Crippen LogP contribution in [0.4, 0.5) is 11.4 Å². The average molecular weight is 369 g/mol. The molecule has 0 aliphatic carbocycles. The predicted octanol–water partition coefficient (Wildman–Crippen LogP) is 3.33. The molecule has 2 aromatic carbocycles. The SMILES string of the molecule is CCOc1ccc(NC(=O)CC2SC(=Nc3ccccc3)NC2=O)cc1. The molecule has 2 amide bonds. The van der Waals surface area contributed by atoms with E-state index in [1.165, 1.54) is 11.8 Å². The van der Waals surface area contributed by atoms with Crippen molar-refractivity contribution in [3.8, 4) is 5.75 Å². The maximum absolute atomic E-state index is 12.2. The summed E-state index contributed by atoms with van der Waals surface area (Å²) in [6.45, 7) is 2.50. The van der Waals surface area contributed by atoms with Gasteiger partial charge in [0.1, 0.15) is 11.0 Å². The van der Waals surface area contributed by atoms with Gasteiger partial charge in [-0.05, 0) is 43.3 Å². The van der Waals surface area contributed by atoms with Crippen LogP contribution in [-0.4, -0.2) is 28.8 Å². The van der Waals surface area contributed by atoms with E-state index in [9.17, 15) is 9.59 Å². The summed E-state index contributed by atoms with van der Waals surface area (Å²) in [5.41, 5.74) is 1.43. The van der Waals surface area contributed by atoms with Crippen LogP contribution in [0, 0.1) is 0 Å². The third-order valence-electron chi connectivity index (χ3n) is 3.58. The van der Waals surface area contributed by atoms with Crippen LogP contribution in [0.1, 0.15) is 13.3 Å². The molecule has 0 spiro atoms. The van der Waals surface area contributed by atoms with E-state index in [1.54, 1.807) is 24.3 Å². The normalized spacial score (nSPS) is 17.8. The lowest BCUT2D eigenvalue weighted by molar-refractivity contribution is -0.122. The van der Waals surface area contributed by atoms with E-state index in [-0.39, 0.29) is 18.2 Å². The van der Waals surface area contributed by atoms with Gasteiger partial charge in [0.2, 0.25) is 11.8 Å². The smallest absolute Gasteiger partial charge is 0.240 e. The zero-order valence-electron chi connectivity index (χ0n) is 14.3. The van der Waals surface area contributed by atoms with Crippen molar-refractivity contribution in [3.05, 3.63) is 54.6 Å². The molecule has 26 heavy (non-hydrogen) atoms. The van der Waals surface area contributed by atoms with Crippen LogP contribution in [0.15, 0.2) is 59.6 Å². The molecule has 1 aliphatic heterocycles. The number of nitrogens with one attached hydrogen (secondary N) is 2. The van der Waals surface area contributed by atoms with Crippen molar-refractivity contribution in [2.24, 2.45) is 4.99 Å².